The zero-order chi connectivity index (χ0) is 12.1. The Labute approximate surface area is 104 Å². The van der Waals surface area contributed by atoms with Gasteiger partial charge in [0.05, 0.1) is 0 Å². The number of carbonyl (C=O) groups is 1. The summed E-state index contributed by atoms with van der Waals surface area (Å²) in [6.45, 7) is 5.09. The zero-order valence-corrected chi connectivity index (χ0v) is 10.9. The molecule has 2 N–H and O–H groups in total. The normalized spacial score (nSPS) is 29.4. The summed E-state index contributed by atoms with van der Waals surface area (Å²) in [6, 6.07) is 1.23. The van der Waals surface area contributed by atoms with Crippen LogP contribution in [0.3, 0.4) is 0 Å². The van der Waals surface area contributed by atoms with Gasteiger partial charge in [-0.25, -0.2) is 4.79 Å². The Bertz CT molecular complexity index is 243. The van der Waals surface area contributed by atoms with Crippen molar-refractivity contribution < 1.29 is 4.79 Å². The first-order chi connectivity index (χ1) is 8.29. The molecule has 1 heterocycles. The van der Waals surface area contributed by atoms with Crippen molar-refractivity contribution in [2.45, 2.75) is 57.5 Å². The van der Waals surface area contributed by atoms with Crippen molar-refractivity contribution in [3.63, 3.8) is 0 Å². The second-order valence-corrected chi connectivity index (χ2v) is 5.25. The summed E-state index contributed by atoms with van der Waals surface area (Å²) in [6.07, 6.45) is 6.97. The minimum absolute atomic E-state index is 0.161. The Morgan fingerprint density at radius 1 is 1.12 bits per heavy atom. The lowest BCUT2D eigenvalue weighted by Gasteiger charge is -2.30. The molecule has 2 amide bonds. The summed E-state index contributed by atoms with van der Waals surface area (Å²) in [5.41, 5.74) is 0. The van der Waals surface area contributed by atoms with E-state index < -0.39 is 0 Å². The molecular formula is C13H25N3O. The van der Waals surface area contributed by atoms with E-state index in [9.17, 15) is 4.79 Å². The maximum atomic E-state index is 11.9. The van der Waals surface area contributed by atoms with E-state index in [2.05, 4.69) is 17.6 Å². The molecule has 1 aliphatic carbocycles. The van der Waals surface area contributed by atoms with Crippen molar-refractivity contribution in [3.05, 3.63) is 0 Å². The van der Waals surface area contributed by atoms with E-state index in [4.69, 9.17) is 0 Å². The molecule has 4 nitrogen and oxygen atoms in total. The van der Waals surface area contributed by atoms with Crippen molar-refractivity contribution in [1.82, 2.24) is 15.5 Å². The highest BCUT2D eigenvalue weighted by Gasteiger charge is 2.24. The minimum atomic E-state index is 0.161. The largest absolute Gasteiger partial charge is 0.335 e. The topological polar surface area (TPSA) is 44.4 Å². The Kier molecular flexibility index (Phi) is 4.66. The molecule has 4 heteroatoms. The predicted octanol–water partition coefficient (Wildman–Crippen LogP) is 1.71. The summed E-state index contributed by atoms with van der Waals surface area (Å²) in [5.74, 6) is 0. The van der Waals surface area contributed by atoms with Gasteiger partial charge in [-0.05, 0) is 45.1 Å². The summed E-state index contributed by atoms with van der Waals surface area (Å²) in [4.78, 5) is 13.9. The van der Waals surface area contributed by atoms with Crippen LogP contribution in [-0.4, -0.2) is 42.6 Å². The first-order valence-electron chi connectivity index (χ1n) is 7.08. The van der Waals surface area contributed by atoms with E-state index in [1.54, 1.807) is 0 Å². The Hall–Kier alpha value is -0.770. The molecule has 1 saturated carbocycles. The van der Waals surface area contributed by atoms with Crippen LogP contribution in [0.25, 0.3) is 0 Å². The van der Waals surface area contributed by atoms with Crippen LogP contribution in [0, 0.1) is 0 Å². The third-order valence-corrected chi connectivity index (χ3v) is 3.94. The Morgan fingerprint density at radius 3 is 2.29 bits per heavy atom. The van der Waals surface area contributed by atoms with Gasteiger partial charge in [0.1, 0.15) is 0 Å². The van der Waals surface area contributed by atoms with E-state index >= 15 is 0 Å². The summed E-state index contributed by atoms with van der Waals surface area (Å²) >= 11 is 0. The van der Waals surface area contributed by atoms with Crippen molar-refractivity contribution >= 4 is 6.03 Å². The molecular weight excluding hydrogens is 214 g/mol. The van der Waals surface area contributed by atoms with E-state index in [0.29, 0.717) is 12.1 Å². The molecule has 1 aliphatic heterocycles. The molecule has 0 atom stereocenters. The highest BCUT2D eigenvalue weighted by Crippen LogP contribution is 2.19. The van der Waals surface area contributed by atoms with Gasteiger partial charge < -0.3 is 15.5 Å². The van der Waals surface area contributed by atoms with Crippen molar-refractivity contribution in [2.75, 3.05) is 19.6 Å². The molecule has 98 valence electrons. The molecule has 17 heavy (non-hydrogen) atoms. The van der Waals surface area contributed by atoms with Crippen LogP contribution in [0.15, 0.2) is 0 Å². The summed E-state index contributed by atoms with van der Waals surface area (Å²) < 4.78 is 0. The first kappa shape index (κ1) is 12.7. The highest BCUT2D eigenvalue weighted by atomic mass is 16.2. The van der Waals surface area contributed by atoms with Gasteiger partial charge in [-0.3, -0.25) is 0 Å². The van der Waals surface area contributed by atoms with E-state index in [0.717, 1.165) is 32.5 Å². The molecule has 0 aromatic rings. The van der Waals surface area contributed by atoms with Gasteiger partial charge in [0.15, 0.2) is 0 Å². The molecule has 0 unspecified atom stereocenters. The molecule has 2 fully saturated rings. The maximum Gasteiger partial charge on any atom is 0.317 e. The fourth-order valence-corrected chi connectivity index (χ4v) is 2.92. The first-order valence-corrected chi connectivity index (χ1v) is 7.08. The minimum Gasteiger partial charge on any atom is -0.335 e. The zero-order valence-electron chi connectivity index (χ0n) is 10.9. The summed E-state index contributed by atoms with van der Waals surface area (Å²) in [7, 11) is 0. The molecule has 0 spiro atoms. The molecule has 0 bridgehead atoms. The number of amides is 2. The van der Waals surface area contributed by atoms with E-state index in [-0.39, 0.29) is 6.03 Å². The molecule has 0 radical (unpaired) electrons. The Morgan fingerprint density at radius 2 is 1.71 bits per heavy atom. The molecule has 2 aliphatic rings. The van der Waals surface area contributed by atoms with Gasteiger partial charge in [0, 0.05) is 25.2 Å². The number of rotatable bonds is 3. The number of carbonyl (C=O) groups excluding carboxylic acids is 1. The number of nitrogens with one attached hydrogen (secondary N) is 2. The van der Waals surface area contributed by atoms with Crippen LogP contribution in [0.4, 0.5) is 4.79 Å². The fraction of sp³-hybridized carbons (Fsp3) is 0.923. The lowest BCUT2D eigenvalue weighted by molar-refractivity contribution is 0.198. The SMILES string of the molecule is CCNC1CCC(NC(=O)N2CCCC2)CC1. The lowest BCUT2D eigenvalue weighted by Crippen LogP contribution is -2.46. The second kappa shape index (κ2) is 6.24. The van der Waals surface area contributed by atoms with Gasteiger partial charge in [-0.1, -0.05) is 6.92 Å². The lowest BCUT2D eigenvalue weighted by atomic mass is 9.91. The predicted molar refractivity (Wildman–Crippen MR) is 69.1 cm³/mol. The van der Waals surface area contributed by atoms with Crippen LogP contribution in [0.5, 0.6) is 0 Å². The Balaban J connectivity index is 1.68. The van der Waals surface area contributed by atoms with Crippen molar-refractivity contribution in [3.8, 4) is 0 Å². The number of nitrogens with zero attached hydrogens (tertiary/aromatic N) is 1. The van der Waals surface area contributed by atoms with Gasteiger partial charge in [-0.15, -0.1) is 0 Å². The number of hydrogen-bond donors (Lipinski definition) is 2. The standard InChI is InChI=1S/C13H25N3O/c1-2-14-11-5-7-12(8-6-11)15-13(17)16-9-3-4-10-16/h11-12,14H,2-10H2,1H3,(H,15,17). The molecule has 0 aromatic carbocycles. The van der Waals surface area contributed by atoms with Crippen molar-refractivity contribution in [1.29, 1.82) is 0 Å². The number of hydrogen-bond acceptors (Lipinski definition) is 2. The third kappa shape index (κ3) is 3.60. The van der Waals surface area contributed by atoms with Crippen molar-refractivity contribution in [2.24, 2.45) is 0 Å². The number of urea groups is 1. The molecule has 1 saturated heterocycles. The van der Waals surface area contributed by atoms with Crippen LogP contribution in [0.1, 0.15) is 45.4 Å². The smallest absolute Gasteiger partial charge is 0.317 e. The molecule has 0 aromatic heterocycles. The highest BCUT2D eigenvalue weighted by molar-refractivity contribution is 5.74. The number of likely N-dealkylation sites (tertiary alicyclic amines) is 1. The maximum absolute atomic E-state index is 11.9. The van der Waals surface area contributed by atoms with Crippen LogP contribution < -0.4 is 10.6 Å². The third-order valence-electron chi connectivity index (χ3n) is 3.94. The monoisotopic (exact) mass is 239 g/mol. The van der Waals surface area contributed by atoms with Crippen LogP contribution >= 0.6 is 0 Å². The van der Waals surface area contributed by atoms with E-state index in [1.807, 2.05) is 4.90 Å². The molecule has 2 rings (SSSR count). The van der Waals surface area contributed by atoms with Gasteiger partial charge in [0.25, 0.3) is 0 Å². The fourth-order valence-electron chi connectivity index (χ4n) is 2.92. The van der Waals surface area contributed by atoms with Crippen LogP contribution in [-0.2, 0) is 0 Å². The quantitative estimate of drug-likeness (QED) is 0.787. The van der Waals surface area contributed by atoms with Gasteiger partial charge >= 0.3 is 6.03 Å². The van der Waals surface area contributed by atoms with Crippen LogP contribution in [0.2, 0.25) is 0 Å². The average Bonchev–Trinajstić information content (AvgIpc) is 2.86. The van der Waals surface area contributed by atoms with Gasteiger partial charge in [0.2, 0.25) is 0 Å². The summed E-state index contributed by atoms with van der Waals surface area (Å²) in [5, 5.41) is 6.67. The van der Waals surface area contributed by atoms with Gasteiger partial charge in [-0.2, -0.15) is 0 Å². The average molecular weight is 239 g/mol. The second-order valence-electron chi connectivity index (χ2n) is 5.25. The van der Waals surface area contributed by atoms with E-state index in [1.165, 1.54) is 25.7 Å².